The topological polar surface area (TPSA) is 83.4 Å². The lowest BCUT2D eigenvalue weighted by molar-refractivity contribution is -0.123. The molecule has 1 saturated heterocycles. The van der Waals surface area contributed by atoms with Gasteiger partial charge in [0.05, 0.1) is 39.6 Å². The van der Waals surface area contributed by atoms with Crippen LogP contribution < -0.4 is 9.77 Å². The molecule has 0 spiro atoms. The van der Waals surface area contributed by atoms with Crippen molar-refractivity contribution in [3.05, 3.63) is 68.5 Å². The Morgan fingerprint density at radius 3 is 2.50 bits per heavy atom. The number of rotatable bonds is 2. The number of carbonyl (C=O) groups excluding carboxylic acids is 2. The summed E-state index contributed by atoms with van der Waals surface area (Å²) in [5, 5.41) is 1.09. The summed E-state index contributed by atoms with van der Waals surface area (Å²) >= 11 is 2.94. The van der Waals surface area contributed by atoms with Crippen LogP contribution in [0.2, 0.25) is 0 Å². The number of benzene rings is 1. The second-order valence-electron chi connectivity index (χ2n) is 9.32. The summed E-state index contributed by atoms with van der Waals surface area (Å²) in [7, 11) is 0. The van der Waals surface area contributed by atoms with E-state index in [1.165, 1.54) is 16.2 Å². The minimum atomic E-state index is -0.287. The molecule has 2 aliphatic heterocycles. The molecule has 7 rings (SSSR count). The van der Waals surface area contributed by atoms with Crippen LogP contribution in [0.3, 0.4) is 0 Å². The highest BCUT2D eigenvalue weighted by molar-refractivity contribution is 8.00. The monoisotopic (exact) mass is 464 g/mol. The molecule has 1 N–H and O–H groups in total. The number of nitrogens with zero attached hydrogens (tertiary/aromatic N) is 1. The minimum absolute atomic E-state index is 0.0533. The quantitative estimate of drug-likeness (QED) is 0.580. The number of fused-ring (bicyclic) bond motifs is 9. The van der Waals surface area contributed by atoms with Gasteiger partial charge in [-0.2, -0.15) is 0 Å². The summed E-state index contributed by atoms with van der Waals surface area (Å²) in [6, 6.07) is 11.5. The predicted molar refractivity (Wildman–Crippen MR) is 121 cm³/mol. The molecule has 2 bridgehead atoms. The summed E-state index contributed by atoms with van der Waals surface area (Å²) in [6.45, 7) is 1.99. The summed E-state index contributed by atoms with van der Waals surface area (Å²) in [6.07, 6.45) is 2.55. The first kappa shape index (κ1) is 18.9. The van der Waals surface area contributed by atoms with Crippen molar-refractivity contribution in [2.24, 2.45) is 29.6 Å². The van der Waals surface area contributed by atoms with Crippen LogP contribution >= 0.6 is 23.1 Å². The molecule has 1 aromatic carbocycles. The van der Waals surface area contributed by atoms with Crippen LogP contribution in [0.4, 0.5) is 5.69 Å². The smallest absolute Gasteiger partial charge is 0.305 e. The van der Waals surface area contributed by atoms with E-state index in [0.717, 1.165) is 27.6 Å². The zero-order chi connectivity index (χ0) is 21.7. The maximum Gasteiger partial charge on any atom is 0.305 e. The highest BCUT2D eigenvalue weighted by atomic mass is 32.2. The second-order valence-corrected chi connectivity index (χ2v) is 11.5. The number of nitrogens with one attached hydrogen (secondary N) is 1. The lowest BCUT2D eigenvalue weighted by atomic mass is 9.69. The van der Waals surface area contributed by atoms with Gasteiger partial charge in [-0.25, -0.2) is 0 Å². The Morgan fingerprint density at radius 2 is 1.78 bits per heavy atom. The Balaban J connectivity index is 1.32. The van der Waals surface area contributed by atoms with Crippen LogP contribution in [0.1, 0.15) is 28.5 Å². The average Bonchev–Trinajstić information content (AvgIpc) is 3.57. The van der Waals surface area contributed by atoms with Gasteiger partial charge in [0.25, 0.3) is 0 Å². The molecule has 3 aromatic rings. The average molecular weight is 465 g/mol. The van der Waals surface area contributed by atoms with E-state index < -0.39 is 0 Å². The molecule has 4 aliphatic rings. The van der Waals surface area contributed by atoms with Gasteiger partial charge in [-0.3, -0.25) is 19.3 Å². The van der Waals surface area contributed by atoms with Gasteiger partial charge >= 0.3 is 4.87 Å². The van der Waals surface area contributed by atoms with E-state index in [9.17, 15) is 14.4 Å². The number of hydrogen-bond donors (Lipinski definition) is 1. The number of aromatic nitrogens is 1. The number of amides is 2. The Labute approximate surface area is 192 Å². The van der Waals surface area contributed by atoms with E-state index in [-0.39, 0.29) is 57.4 Å². The third kappa shape index (κ3) is 2.34. The molecule has 2 aliphatic carbocycles. The Hall–Kier alpha value is -2.58. The molecular weight excluding hydrogens is 444 g/mol. The van der Waals surface area contributed by atoms with E-state index >= 15 is 0 Å². The van der Waals surface area contributed by atoms with Gasteiger partial charge in [0, 0.05) is 5.25 Å². The van der Waals surface area contributed by atoms with Crippen LogP contribution in [-0.2, 0) is 9.59 Å². The first-order chi connectivity index (χ1) is 15.5. The number of thiazole rings is 1. The van der Waals surface area contributed by atoms with Gasteiger partial charge in [-0.15, -0.1) is 11.8 Å². The van der Waals surface area contributed by atoms with Crippen LogP contribution in [0.15, 0.2) is 56.9 Å². The van der Waals surface area contributed by atoms with Crippen molar-refractivity contribution in [1.29, 1.82) is 0 Å². The number of H-pyrrole nitrogens is 1. The molecule has 162 valence electrons. The van der Waals surface area contributed by atoms with Gasteiger partial charge in [-0.1, -0.05) is 29.0 Å². The van der Waals surface area contributed by atoms with Gasteiger partial charge in [0.1, 0.15) is 5.76 Å². The molecule has 2 saturated carbocycles. The number of imide groups is 1. The van der Waals surface area contributed by atoms with Crippen molar-refractivity contribution in [3.63, 3.8) is 0 Å². The standard InChI is InChI=1S/C24H20N2O4S2/c1-10-4-6-11(7-5-10)26-22(27)16-12-9-13(17(16)23(26)28)19-15(12)18(14-3-2-8-30-14)20-21(31-19)25-24(29)32-20/h2-8,12-13,15-19H,9H2,1H3,(H,25,29)/t12-,13-,15+,16+,17-,18-,19+/m1/s1. The predicted octanol–water partition coefficient (Wildman–Crippen LogP) is 4.02. The molecular formula is C24H20N2O4S2. The van der Waals surface area contributed by atoms with Crippen LogP contribution in [0.5, 0.6) is 0 Å². The normalized spacial score (nSPS) is 34.7. The number of carbonyl (C=O) groups is 2. The first-order valence-corrected chi connectivity index (χ1v) is 12.6. The lowest BCUT2D eigenvalue weighted by Crippen LogP contribution is -2.42. The van der Waals surface area contributed by atoms with Crippen LogP contribution in [0, 0.1) is 36.5 Å². The number of furan rings is 1. The summed E-state index contributed by atoms with van der Waals surface area (Å²) < 4.78 is 5.84. The highest BCUT2D eigenvalue weighted by Gasteiger charge is 2.70. The van der Waals surface area contributed by atoms with Gasteiger partial charge in [0.2, 0.25) is 11.8 Å². The SMILES string of the molecule is Cc1ccc(N2C(=O)[C@@H]3[C@H]4C[C@@H]([C@@H]3C2=O)[C@H]2[C@@H](c3ccco3)c3sc(=O)[nH]c3S[C@@H]42)cc1. The van der Waals surface area contributed by atoms with Crippen LogP contribution in [0.25, 0.3) is 0 Å². The van der Waals surface area contributed by atoms with Gasteiger partial charge < -0.3 is 9.40 Å². The molecule has 2 aromatic heterocycles. The Kier molecular flexibility index (Phi) is 3.84. The summed E-state index contributed by atoms with van der Waals surface area (Å²) in [5.74, 6) is 0.509. The maximum atomic E-state index is 13.6. The number of aryl methyl sites for hydroxylation is 1. The summed E-state index contributed by atoms with van der Waals surface area (Å²) in [4.78, 5) is 44.7. The van der Waals surface area contributed by atoms with Crippen molar-refractivity contribution >= 4 is 40.6 Å². The lowest BCUT2D eigenvalue weighted by Gasteiger charge is -2.42. The van der Waals surface area contributed by atoms with Crippen LogP contribution in [-0.4, -0.2) is 22.0 Å². The molecule has 2 amide bonds. The maximum absolute atomic E-state index is 13.6. The molecule has 7 atom stereocenters. The fourth-order valence-corrected chi connectivity index (χ4v) is 9.62. The second kappa shape index (κ2) is 6.48. The third-order valence-electron chi connectivity index (χ3n) is 7.87. The molecule has 4 heterocycles. The molecule has 8 heteroatoms. The van der Waals surface area contributed by atoms with Gasteiger partial charge in [-0.05, 0) is 55.4 Å². The fraction of sp³-hybridized carbons (Fsp3) is 0.375. The highest BCUT2D eigenvalue weighted by Crippen LogP contribution is 2.68. The molecule has 0 radical (unpaired) electrons. The Morgan fingerprint density at radius 1 is 1.03 bits per heavy atom. The number of thioether (sulfide) groups is 1. The van der Waals surface area contributed by atoms with E-state index in [1.54, 1.807) is 18.0 Å². The number of anilines is 1. The zero-order valence-corrected chi connectivity index (χ0v) is 18.8. The van der Waals surface area contributed by atoms with Gasteiger partial charge in [0.15, 0.2) is 0 Å². The van der Waals surface area contributed by atoms with E-state index in [2.05, 4.69) is 4.98 Å². The van der Waals surface area contributed by atoms with E-state index in [1.807, 2.05) is 43.3 Å². The molecule has 32 heavy (non-hydrogen) atoms. The molecule has 3 fully saturated rings. The van der Waals surface area contributed by atoms with Crippen molar-refractivity contribution in [2.45, 2.75) is 29.5 Å². The van der Waals surface area contributed by atoms with E-state index in [0.29, 0.717) is 5.69 Å². The minimum Gasteiger partial charge on any atom is -0.469 e. The van der Waals surface area contributed by atoms with Crippen molar-refractivity contribution < 1.29 is 14.0 Å². The summed E-state index contributed by atoms with van der Waals surface area (Å²) in [5.41, 5.74) is 1.76. The first-order valence-electron chi connectivity index (χ1n) is 10.9. The van der Waals surface area contributed by atoms with Crippen molar-refractivity contribution in [1.82, 2.24) is 4.98 Å². The van der Waals surface area contributed by atoms with Crippen molar-refractivity contribution in [2.75, 3.05) is 4.90 Å². The largest absolute Gasteiger partial charge is 0.469 e. The fourth-order valence-electron chi connectivity index (χ4n) is 6.75. The Bertz CT molecular complexity index is 1310. The van der Waals surface area contributed by atoms with E-state index in [4.69, 9.17) is 4.42 Å². The number of hydrogen-bond acceptors (Lipinski definition) is 6. The molecule has 0 unspecified atom stereocenters. The zero-order valence-electron chi connectivity index (χ0n) is 17.2. The van der Waals surface area contributed by atoms with Crippen molar-refractivity contribution in [3.8, 4) is 0 Å². The number of aromatic amines is 1. The molecule has 6 nitrogen and oxygen atoms in total. The third-order valence-corrected chi connectivity index (χ3v) is 10.5.